The summed E-state index contributed by atoms with van der Waals surface area (Å²) in [7, 11) is 0. The number of piperazine rings is 1. The van der Waals surface area contributed by atoms with Crippen LogP contribution in [0.2, 0.25) is 0 Å². The van der Waals surface area contributed by atoms with Crippen molar-refractivity contribution in [2.45, 2.75) is 19.4 Å². The van der Waals surface area contributed by atoms with Crippen LogP contribution in [-0.4, -0.2) is 54.2 Å². The lowest BCUT2D eigenvalue weighted by atomic mass is 10.1. The summed E-state index contributed by atoms with van der Waals surface area (Å²) in [6.45, 7) is 8.96. The van der Waals surface area contributed by atoms with Crippen LogP contribution in [0.5, 0.6) is 0 Å². The maximum Gasteiger partial charge on any atom is 0.0802 e. The number of nitrogens with zero attached hydrogens (tertiary/aromatic N) is 2. The summed E-state index contributed by atoms with van der Waals surface area (Å²) in [6.07, 6.45) is 0.506. The predicted octanol–water partition coefficient (Wildman–Crippen LogP) is 1.75. The Kier molecular flexibility index (Phi) is 5.17. The maximum atomic E-state index is 10.1. The summed E-state index contributed by atoms with van der Waals surface area (Å²) < 4.78 is 0. The zero-order valence-electron chi connectivity index (χ0n) is 11.3. The fourth-order valence-electron chi connectivity index (χ4n) is 2.48. The molecular formula is C15H24N2O. The SMILES string of the molecule is CCN1CCN(CCC(O)c2ccccc2)CC1. The monoisotopic (exact) mass is 248 g/mol. The summed E-state index contributed by atoms with van der Waals surface area (Å²) >= 11 is 0. The minimum Gasteiger partial charge on any atom is -0.388 e. The van der Waals surface area contributed by atoms with E-state index in [9.17, 15) is 5.11 Å². The quantitative estimate of drug-likeness (QED) is 0.860. The molecule has 1 fully saturated rings. The van der Waals surface area contributed by atoms with E-state index in [1.54, 1.807) is 0 Å². The lowest BCUT2D eigenvalue weighted by Crippen LogP contribution is -2.46. The summed E-state index contributed by atoms with van der Waals surface area (Å²) in [5.41, 5.74) is 1.03. The third-order valence-corrected chi connectivity index (χ3v) is 3.82. The molecule has 1 aliphatic heterocycles. The van der Waals surface area contributed by atoms with Gasteiger partial charge < -0.3 is 14.9 Å². The van der Waals surface area contributed by atoms with Crippen molar-refractivity contribution in [1.82, 2.24) is 9.80 Å². The Morgan fingerprint density at radius 3 is 2.28 bits per heavy atom. The van der Waals surface area contributed by atoms with Gasteiger partial charge in [-0.15, -0.1) is 0 Å². The Balaban J connectivity index is 1.72. The van der Waals surface area contributed by atoms with Crippen LogP contribution < -0.4 is 0 Å². The smallest absolute Gasteiger partial charge is 0.0802 e. The van der Waals surface area contributed by atoms with E-state index in [4.69, 9.17) is 0 Å². The van der Waals surface area contributed by atoms with Gasteiger partial charge in [0.05, 0.1) is 6.10 Å². The van der Waals surface area contributed by atoms with Crippen LogP contribution in [0.1, 0.15) is 25.0 Å². The van der Waals surface area contributed by atoms with E-state index in [0.717, 1.165) is 51.3 Å². The molecule has 1 atom stereocenters. The van der Waals surface area contributed by atoms with Crippen molar-refractivity contribution < 1.29 is 5.11 Å². The van der Waals surface area contributed by atoms with Gasteiger partial charge in [-0.3, -0.25) is 0 Å². The first-order valence-electron chi connectivity index (χ1n) is 6.97. The topological polar surface area (TPSA) is 26.7 Å². The van der Waals surface area contributed by atoms with Crippen molar-refractivity contribution in [1.29, 1.82) is 0 Å². The third-order valence-electron chi connectivity index (χ3n) is 3.82. The van der Waals surface area contributed by atoms with Gasteiger partial charge in [0.15, 0.2) is 0 Å². The molecule has 0 aliphatic carbocycles. The molecule has 1 saturated heterocycles. The van der Waals surface area contributed by atoms with Crippen LogP contribution in [-0.2, 0) is 0 Å². The molecule has 0 radical (unpaired) electrons. The van der Waals surface area contributed by atoms with Gasteiger partial charge in [0, 0.05) is 32.7 Å². The van der Waals surface area contributed by atoms with E-state index >= 15 is 0 Å². The Bertz CT molecular complexity index is 334. The van der Waals surface area contributed by atoms with Crippen LogP contribution in [0.25, 0.3) is 0 Å². The van der Waals surface area contributed by atoms with Gasteiger partial charge in [0.2, 0.25) is 0 Å². The van der Waals surface area contributed by atoms with E-state index < -0.39 is 0 Å². The van der Waals surface area contributed by atoms with Crippen LogP contribution >= 0.6 is 0 Å². The van der Waals surface area contributed by atoms with Gasteiger partial charge in [-0.05, 0) is 18.5 Å². The van der Waals surface area contributed by atoms with Crippen molar-refractivity contribution >= 4 is 0 Å². The van der Waals surface area contributed by atoms with Crippen molar-refractivity contribution in [3.05, 3.63) is 35.9 Å². The molecule has 18 heavy (non-hydrogen) atoms. The lowest BCUT2D eigenvalue weighted by Gasteiger charge is -2.34. The standard InChI is InChI=1S/C15H24N2O/c1-2-16-10-12-17(13-11-16)9-8-15(18)14-6-4-3-5-7-14/h3-7,15,18H,2,8-13H2,1H3. The maximum absolute atomic E-state index is 10.1. The highest BCUT2D eigenvalue weighted by molar-refractivity contribution is 5.17. The number of aliphatic hydroxyl groups is 1. The Morgan fingerprint density at radius 2 is 1.67 bits per heavy atom. The molecule has 1 aromatic carbocycles. The van der Waals surface area contributed by atoms with Crippen LogP contribution in [0, 0.1) is 0 Å². The van der Waals surface area contributed by atoms with Crippen molar-refractivity contribution in [3.63, 3.8) is 0 Å². The van der Waals surface area contributed by atoms with E-state index in [1.165, 1.54) is 0 Å². The second-order valence-electron chi connectivity index (χ2n) is 4.99. The van der Waals surface area contributed by atoms with Gasteiger partial charge in [-0.2, -0.15) is 0 Å². The highest BCUT2D eigenvalue weighted by Crippen LogP contribution is 2.16. The molecule has 1 unspecified atom stereocenters. The van der Waals surface area contributed by atoms with Crippen molar-refractivity contribution in [2.75, 3.05) is 39.3 Å². The Labute approximate surface area is 110 Å². The molecule has 0 spiro atoms. The van der Waals surface area contributed by atoms with Gasteiger partial charge in [-0.25, -0.2) is 0 Å². The number of hydrogen-bond acceptors (Lipinski definition) is 3. The number of benzene rings is 1. The molecule has 0 aromatic heterocycles. The second-order valence-corrected chi connectivity index (χ2v) is 4.99. The molecule has 1 aromatic rings. The van der Waals surface area contributed by atoms with Crippen LogP contribution in [0.4, 0.5) is 0 Å². The number of aliphatic hydroxyl groups excluding tert-OH is 1. The first-order chi connectivity index (χ1) is 8.79. The summed E-state index contributed by atoms with van der Waals surface area (Å²) in [5, 5.41) is 10.1. The summed E-state index contributed by atoms with van der Waals surface area (Å²) in [4.78, 5) is 4.93. The molecule has 1 heterocycles. The molecule has 0 saturated carbocycles. The van der Waals surface area contributed by atoms with E-state index in [0.29, 0.717) is 0 Å². The number of likely N-dealkylation sites (N-methyl/N-ethyl adjacent to an activating group) is 1. The fraction of sp³-hybridized carbons (Fsp3) is 0.600. The van der Waals surface area contributed by atoms with Gasteiger partial charge >= 0.3 is 0 Å². The fourth-order valence-corrected chi connectivity index (χ4v) is 2.48. The largest absolute Gasteiger partial charge is 0.388 e. The van der Waals surface area contributed by atoms with E-state index in [2.05, 4.69) is 16.7 Å². The summed E-state index contributed by atoms with van der Waals surface area (Å²) in [6, 6.07) is 9.96. The molecule has 1 N–H and O–H groups in total. The Morgan fingerprint density at radius 1 is 1.06 bits per heavy atom. The normalized spacial score (nSPS) is 19.9. The number of rotatable bonds is 5. The molecule has 100 valence electrons. The van der Waals surface area contributed by atoms with Crippen LogP contribution in [0.3, 0.4) is 0 Å². The average Bonchev–Trinajstić information content (AvgIpc) is 2.46. The van der Waals surface area contributed by atoms with Crippen molar-refractivity contribution in [3.8, 4) is 0 Å². The Hall–Kier alpha value is -0.900. The molecule has 1 aliphatic rings. The zero-order chi connectivity index (χ0) is 12.8. The second kappa shape index (κ2) is 6.88. The number of hydrogen-bond donors (Lipinski definition) is 1. The predicted molar refractivity (Wildman–Crippen MR) is 74.6 cm³/mol. The average molecular weight is 248 g/mol. The highest BCUT2D eigenvalue weighted by atomic mass is 16.3. The highest BCUT2D eigenvalue weighted by Gasteiger charge is 2.16. The molecule has 0 amide bonds. The lowest BCUT2D eigenvalue weighted by molar-refractivity contribution is 0.105. The first-order valence-corrected chi connectivity index (χ1v) is 6.97. The van der Waals surface area contributed by atoms with Gasteiger partial charge in [0.1, 0.15) is 0 Å². The minimum absolute atomic E-state index is 0.324. The van der Waals surface area contributed by atoms with E-state index in [-0.39, 0.29) is 6.10 Å². The minimum atomic E-state index is -0.324. The first kappa shape index (κ1) is 13.5. The van der Waals surface area contributed by atoms with Gasteiger partial charge in [-0.1, -0.05) is 37.3 Å². The van der Waals surface area contributed by atoms with Crippen LogP contribution in [0.15, 0.2) is 30.3 Å². The molecule has 0 bridgehead atoms. The zero-order valence-corrected chi connectivity index (χ0v) is 11.3. The third kappa shape index (κ3) is 3.80. The molecule has 3 heteroatoms. The molecule has 2 rings (SSSR count). The molecule has 3 nitrogen and oxygen atoms in total. The molecular weight excluding hydrogens is 224 g/mol. The summed E-state index contributed by atoms with van der Waals surface area (Å²) in [5.74, 6) is 0. The van der Waals surface area contributed by atoms with Gasteiger partial charge in [0.25, 0.3) is 0 Å². The van der Waals surface area contributed by atoms with Crippen molar-refractivity contribution in [2.24, 2.45) is 0 Å². The van der Waals surface area contributed by atoms with E-state index in [1.807, 2.05) is 30.3 Å².